The van der Waals surface area contributed by atoms with Crippen molar-refractivity contribution in [1.82, 2.24) is 4.98 Å². The third-order valence-corrected chi connectivity index (χ3v) is 2.80. The van der Waals surface area contributed by atoms with Crippen LogP contribution in [0.2, 0.25) is 0 Å². The standard InChI is InChI=1S/C13H11BrN2O3/c14-12-7-6-11(8-15-12)16(18)13(17)19-9-10-4-2-1-3-5-10/h1-8,18H,9H2. The molecule has 6 heteroatoms. The molecule has 5 nitrogen and oxygen atoms in total. The van der Waals surface area contributed by atoms with Gasteiger partial charge in [-0.05, 0) is 33.6 Å². The van der Waals surface area contributed by atoms with E-state index in [2.05, 4.69) is 20.9 Å². The first-order valence-corrected chi connectivity index (χ1v) is 6.27. The maximum Gasteiger partial charge on any atom is 0.439 e. The van der Waals surface area contributed by atoms with E-state index < -0.39 is 6.09 Å². The summed E-state index contributed by atoms with van der Waals surface area (Å²) in [6.45, 7) is 0.0979. The van der Waals surface area contributed by atoms with E-state index in [9.17, 15) is 10.0 Å². The number of hydroxylamine groups is 1. The normalized spacial score (nSPS) is 10.0. The van der Waals surface area contributed by atoms with Gasteiger partial charge in [-0.3, -0.25) is 5.21 Å². The summed E-state index contributed by atoms with van der Waals surface area (Å²) in [7, 11) is 0. The largest absolute Gasteiger partial charge is 0.443 e. The van der Waals surface area contributed by atoms with Crippen LogP contribution < -0.4 is 5.06 Å². The van der Waals surface area contributed by atoms with Gasteiger partial charge >= 0.3 is 6.09 Å². The van der Waals surface area contributed by atoms with Crippen molar-refractivity contribution in [1.29, 1.82) is 0 Å². The fraction of sp³-hybridized carbons (Fsp3) is 0.0769. The Labute approximate surface area is 118 Å². The van der Waals surface area contributed by atoms with Crippen molar-refractivity contribution in [3.8, 4) is 0 Å². The Morgan fingerprint density at radius 1 is 1.26 bits per heavy atom. The van der Waals surface area contributed by atoms with Gasteiger partial charge in [0.2, 0.25) is 0 Å². The number of carbonyl (C=O) groups is 1. The van der Waals surface area contributed by atoms with Gasteiger partial charge in [0, 0.05) is 0 Å². The summed E-state index contributed by atoms with van der Waals surface area (Å²) >= 11 is 3.17. The first-order chi connectivity index (χ1) is 9.16. The molecule has 0 saturated heterocycles. The van der Waals surface area contributed by atoms with Crippen molar-refractivity contribution in [2.45, 2.75) is 6.61 Å². The highest BCUT2D eigenvalue weighted by atomic mass is 79.9. The Morgan fingerprint density at radius 3 is 2.63 bits per heavy atom. The number of nitrogens with zero attached hydrogens (tertiary/aromatic N) is 2. The van der Waals surface area contributed by atoms with Crippen LogP contribution in [-0.2, 0) is 11.3 Å². The molecule has 0 atom stereocenters. The van der Waals surface area contributed by atoms with Gasteiger partial charge in [0.1, 0.15) is 11.2 Å². The molecule has 1 aromatic carbocycles. The lowest BCUT2D eigenvalue weighted by molar-refractivity contribution is 0.115. The van der Waals surface area contributed by atoms with E-state index in [0.717, 1.165) is 5.56 Å². The number of halogens is 1. The van der Waals surface area contributed by atoms with E-state index in [4.69, 9.17) is 4.74 Å². The zero-order valence-corrected chi connectivity index (χ0v) is 11.4. The predicted octanol–water partition coefficient (Wildman–Crippen LogP) is 3.38. The summed E-state index contributed by atoms with van der Waals surface area (Å²) in [5.74, 6) is 0. The maximum atomic E-state index is 11.6. The molecule has 1 amide bonds. The number of ether oxygens (including phenoxy) is 1. The average molecular weight is 323 g/mol. The van der Waals surface area contributed by atoms with Gasteiger partial charge in [-0.2, -0.15) is 5.06 Å². The van der Waals surface area contributed by atoms with Crippen LogP contribution in [0.15, 0.2) is 53.3 Å². The number of aromatic nitrogens is 1. The zero-order chi connectivity index (χ0) is 13.7. The molecule has 2 aromatic rings. The molecular formula is C13H11BrN2O3. The van der Waals surface area contributed by atoms with Crippen molar-refractivity contribution in [3.63, 3.8) is 0 Å². The van der Waals surface area contributed by atoms with E-state index in [-0.39, 0.29) is 12.3 Å². The Morgan fingerprint density at radius 2 is 2.00 bits per heavy atom. The number of carbonyl (C=O) groups excluding carboxylic acids is 1. The number of benzene rings is 1. The summed E-state index contributed by atoms with van der Waals surface area (Å²) < 4.78 is 5.59. The number of anilines is 1. The third-order valence-electron chi connectivity index (χ3n) is 2.33. The highest BCUT2D eigenvalue weighted by Crippen LogP contribution is 2.15. The van der Waals surface area contributed by atoms with E-state index in [1.54, 1.807) is 12.1 Å². The number of hydrogen-bond donors (Lipinski definition) is 1. The lowest BCUT2D eigenvalue weighted by atomic mass is 10.2. The Kier molecular flexibility index (Phi) is 4.48. The molecule has 0 radical (unpaired) electrons. The highest BCUT2D eigenvalue weighted by molar-refractivity contribution is 9.10. The molecule has 1 heterocycles. The molecule has 0 fully saturated rings. The molecule has 0 unspecified atom stereocenters. The van der Waals surface area contributed by atoms with Gasteiger partial charge in [-0.25, -0.2) is 9.78 Å². The van der Waals surface area contributed by atoms with Crippen LogP contribution >= 0.6 is 15.9 Å². The Bertz CT molecular complexity index is 546. The van der Waals surface area contributed by atoms with E-state index in [1.807, 2.05) is 30.3 Å². The van der Waals surface area contributed by atoms with Gasteiger partial charge in [0.25, 0.3) is 0 Å². The first kappa shape index (κ1) is 13.5. The minimum Gasteiger partial charge on any atom is -0.443 e. The maximum absolute atomic E-state index is 11.6. The van der Waals surface area contributed by atoms with Gasteiger partial charge in [0.05, 0.1) is 11.9 Å². The second kappa shape index (κ2) is 6.31. The molecule has 0 aliphatic rings. The van der Waals surface area contributed by atoms with E-state index >= 15 is 0 Å². The van der Waals surface area contributed by atoms with Gasteiger partial charge in [-0.15, -0.1) is 0 Å². The summed E-state index contributed by atoms with van der Waals surface area (Å²) in [5, 5.41) is 10.1. The third kappa shape index (κ3) is 3.77. The van der Waals surface area contributed by atoms with Crippen molar-refractivity contribution in [2.75, 3.05) is 5.06 Å². The minimum atomic E-state index is -0.854. The predicted molar refractivity (Wildman–Crippen MR) is 72.8 cm³/mol. The van der Waals surface area contributed by atoms with Crippen molar-refractivity contribution < 1.29 is 14.7 Å². The van der Waals surface area contributed by atoms with Crippen LogP contribution in [0.1, 0.15) is 5.56 Å². The molecular weight excluding hydrogens is 312 g/mol. The molecule has 0 saturated carbocycles. The molecule has 1 N–H and O–H groups in total. The van der Waals surface area contributed by atoms with Crippen LogP contribution in [0.5, 0.6) is 0 Å². The molecule has 0 spiro atoms. The first-order valence-electron chi connectivity index (χ1n) is 5.48. The summed E-state index contributed by atoms with van der Waals surface area (Å²) in [6, 6.07) is 12.4. The second-order valence-corrected chi connectivity index (χ2v) is 4.50. The van der Waals surface area contributed by atoms with Crippen LogP contribution in [-0.4, -0.2) is 16.3 Å². The summed E-state index contributed by atoms with van der Waals surface area (Å²) in [5.41, 5.74) is 1.08. The fourth-order valence-corrected chi connectivity index (χ4v) is 1.61. The minimum absolute atomic E-state index is 0.0979. The van der Waals surface area contributed by atoms with Crippen molar-refractivity contribution in [3.05, 3.63) is 58.8 Å². The molecule has 0 bridgehead atoms. The molecule has 98 valence electrons. The van der Waals surface area contributed by atoms with E-state index in [1.165, 1.54) is 6.20 Å². The number of rotatable bonds is 3. The lowest BCUT2D eigenvalue weighted by Gasteiger charge is -2.14. The number of pyridine rings is 1. The van der Waals surface area contributed by atoms with Crippen molar-refractivity contribution in [2.24, 2.45) is 0 Å². The molecule has 2 rings (SSSR count). The fourth-order valence-electron chi connectivity index (χ4n) is 1.38. The zero-order valence-electron chi connectivity index (χ0n) is 9.86. The molecule has 0 aliphatic carbocycles. The van der Waals surface area contributed by atoms with Gasteiger partial charge < -0.3 is 4.74 Å². The van der Waals surface area contributed by atoms with Gasteiger partial charge in [-0.1, -0.05) is 30.3 Å². The Balaban J connectivity index is 1.94. The highest BCUT2D eigenvalue weighted by Gasteiger charge is 2.15. The van der Waals surface area contributed by atoms with Crippen LogP contribution in [0.3, 0.4) is 0 Å². The number of hydrogen-bond acceptors (Lipinski definition) is 4. The molecule has 0 aliphatic heterocycles. The smallest absolute Gasteiger partial charge is 0.439 e. The van der Waals surface area contributed by atoms with Crippen LogP contribution in [0, 0.1) is 0 Å². The van der Waals surface area contributed by atoms with Gasteiger partial charge in [0.15, 0.2) is 0 Å². The monoisotopic (exact) mass is 322 g/mol. The van der Waals surface area contributed by atoms with E-state index in [0.29, 0.717) is 9.67 Å². The SMILES string of the molecule is O=C(OCc1ccccc1)N(O)c1ccc(Br)nc1. The molecule has 19 heavy (non-hydrogen) atoms. The van der Waals surface area contributed by atoms with Crippen molar-refractivity contribution >= 4 is 27.7 Å². The van der Waals surface area contributed by atoms with Crippen LogP contribution in [0.4, 0.5) is 10.5 Å². The number of amides is 1. The summed E-state index contributed by atoms with van der Waals surface area (Å²) in [4.78, 5) is 15.5. The van der Waals surface area contributed by atoms with Crippen LogP contribution in [0.25, 0.3) is 0 Å². The average Bonchev–Trinajstić information content (AvgIpc) is 2.46. The summed E-state index contributed by atoms with van der Waals surface area (Å²) in [6.07, 6.45) is 0.501. The lowest BCUT2D eigenvalue weighted by Crippen LogP contribution is -2.27. The second-order valence-electron chi connectivity index (χ2n) is 3.69. The quantitative estimate of drug-likeness (QED) is 0.534. The molecule has 1 aromatic heterocycles. The topological polar surface area (TPSA) is 62.7 Å². The Hall–Kier alpha value is -1.92.